The molecule has 0 spiro atoms. The molecule has 2 amide bonds. The quantitative estimate of drug-likeness (QED) is 0.817. The third-order valence-corrected chi connectivity index (χ3v) is 6.30. The molecular formula is C21H26N2O3S. The maximum absolute atomic E-state index is 12.7. The molecule has 1 atom stereocenters. The molecule has 1 aliphatic rings. The first kappa shape index (κ1) is 19.4. The van der Waals surface area contributed by atoms with Crippen molar-refractivity contribution in [2.75, 3.05) is 25.5 Å². The molecular weight excluding hydrogens is 360 g/mol. The molecule has 6 heteroatoms. The first-order valence-electron chi connectivity index (χ1n) is 9.41. The zero-order chi connectivity index (χ0) is 19.4. The first-order chi connectivity index (χ1) is 13.0. The number of hydrogen-bond donors (Lipinski definition) is 1. The van der Waals surface area contributed by atoms with Crippen molar-refractivity contribution < 1.29 is 14.3 Å². The molecule has 5 nitrogen and oxygen atoms in total. The van der Waals surface area contributed by atoms with Crippen molar-refractivity contribution >= 4 is 28.8 Å². The molecule has 0 aliphatic heterocycles. The van der Waals surface area contributed by atoms with Gasteiger partial charge in [-0.05, 0) is 69.0 Å². The van der Waals surface area contributed by atoms with Crippen LogP contribution in [0.5, 0.6) is 5.75 Å². The Hall–Kier alpha value is -2.34. The summed E-state index contributed by atoms with van der Waals surface area (Å²) in [5.74, 6) is 0.830. The molecule has 0 bridgehead atoms. The number of fused-ring (bicyclic) bond motifs is 1. The molecule has 144 valence electrons. The Balaban J connectivity index is 1.66. The van der Waals surface area contributed by atoms with Gasteiger partial charge in [0, 0.05) is 29.6 Å². The van der Waals surface area contributed by atoms with Crippen LogP contribution in [0.2, 0.25) is 0 Å². The lowest BCUT2D eigenvalue weighted by molar-refractivity contribution is -0.120. The zero-order valence-electron chi connectivity index (χ0n) is 16.1. The number of nitrogens with one attached hydrogen (secondary N) is 1. The highest BCUT2D eigenvalue weighted by Gasteiger charge is 2.28. The van der Waals surface area contributed by atoms with Crippen LogP contribution in [0.25, 0.3) is 0 Å². The maximum atomic E-state index is 12.7. The van der Waals surface area contributed by atoms with E-state index in [0.29, 0.717) is 19.5 Å². The van der Waals surface area contributed by atoms with Gasteiger partial charge >= 0.3 is 0 Å². The largest absolute Gasteiger partial charge is 0.497 e. The minimum Gasteiger partial charge on any atom is -0.497 e. The summed E-state index contributed by atoms with van der Waals surface area (Å²) in [5, 5.41) is 2.99. The fourth-order valence-electron chi connectivity index (χ4n) is 3.44. The average molecular weight is 387 g/mol. The number of carbonyl (C=O) groups is 2. The number of aryl methyl sites for hydroxylation is 1. The van der Waals surface area contributed by atoms with Crippen LogP contribution in [0, 0.1) is 5.92 Å². The molecule has 2 aromatic rings. The molecule has 0 radical (unpaired) electrons. The van der Waals surface area contributed by atoms with Crippen molar-refractivity contribution in [3.63, 3.8) is 0 Å². The second kappa shape index (κ2) is 8.57. The predicted molar refractivity (Wildman–Crippen MR) is 109 cm³/mol. The molecule has 1 aliphatic carbocycles. The Morgan fingerprint density at radius 1 is 1.22 bits per heavy atom. The Bertz CT molecular complexity index is 809. The summed E-state index contributed by atoms with van der Waals surface area (Å²) in [5.41, 5.74) is 1.92. The highest BCUT2D eigenvalue weighted by molar-refractivity contribution is 7.14. The van der Waals surface area contributed by atoms with Crippen molar-refractivity contribution in [2.45, 2.75) is 33.1 Å². The third kappa shape index (κ3) is 4.33. The van der Waals surface area contributed by atoms with Gasteiger partial charge in [-0.1, -0.05) is 0 Å². The smallest absolute Gasteiger partial charge is 0.263 e. The van der Waals surface area contributed by atoms with Crippen LogP contribution in [-0.4, -0.2) is 36.9 Å². The van der Waals surface area contributed by atoms with Crippen LogP contribution in [0.3, 0.4) is 0 Å². The molecule has 1 aromatic heterocycles. The number of benzene rings is 1. The van der Waals surface area contributed by atoms with Crippen LogP contribution in [0.4, 0.5) is 5.69 Å². The van der Waals surface area contributed by atoms with E-state index in [2.05, 4.69) is 5.32 Å². The van der Waals surface area contributed by atoms with Gasteiger partial charge in [0.15, 0.2) is 0 Å². The van der Waals surface area contributed by atoms with E-state index in [9.17, 15) is 9.59 Å². The minimum atomic E-state index is -0.0643. The Labute approximate surface area is 164 Å². The molecule has 0 fully saturated rings. The second-order valence-corrected chi connectivity index (χ2v) is 7.83. The van der Waals surface area contributed by atoms with E-state index in [4.69, 9.17) is 4.74 Å². The van der Waals surface area contributed by atoms with Gasteiger partial charge in [0.1, 0.15) is 5.75 Å². The van der Waals surface area contributed by atoms with E-state index in [0.717, 1.165) is 34.7 Å². The monoisotopic (exact) mass is 386 g/mol. The summed E-state index contributed by atoms with van der Waals surface area (Å²) in [4.78, 5) is 29.1. The van der Waals surface area contributed by atoms with Gasteiger partial charge in [0.05, 0.1) is 12.0 Å². The van der Waals surface area contributed by atoms with E-state index in [1.165, 1.54) is 4.88 Å². The maximum Gasteiger partial charge on any atom is 0.263 e. The summed E-state index contributed by atoms with van der Waals surface area (Å²) in [7, 11) is 1.62. The van der Waals surface area contributed by atoms with Crippen LogP contribution in [-0.2, 0) is 17.6 Å². The molecule has 0 saturated heterocycles. The van der Waals surface area contributed by atoms with Crippen molar-refractivity contribution in [1.29, 1.82) is 0 Å². The van der Waals surface area contributed by atoms with Crippen LogP contribution >= 0.6 is 11.3 Å². The Morgan fingerprint density at radius 2 is 1.93 bits per heavy atom. The van der Waals surface area contributed by atoms with Crippen LogP contribution in [0.1, 0.15) is 40.4 Å². The third-order valence-electron chi connectivity index (χ3n) is 5.07. The van der Waals surface area contributed by atoms with E-state index in [1.807, 2.05) is 49.1 Å². The fraction of sp³-hybridized carbons (Fsp3) is 0.429. The Kier molecular flexibility index (Phi) is 6.16. The molecule has 27 heavy (non-hydrogen) atoms. The van der Waals surface area contributed by atoms with Crippen molar-refractivity contribution in [2.24, 2.45) is 5.92 Å². The summed E-state index contributed by atoms with van der Waals surface area (Å²) in [6.07, 6.45) is 2.36. The fourth-order valence-corrected chi connectivity index (χ4v) is 4.61. The number of hydrogen-bond acceptors (Lipinski definition) is 4. The lowest BCUT2D eigenvalue weighted by atomic mass is 9.87. The summed E-state index contributed by atoms with van der Waals surface area (Å²) in [6.45, 7) is 5.42. The number of rotatable bonds is 6. The van der Waals surface area contributed by atoms with E-state index in [1.54, 1.807) is 18.4 Å². The van der Waals surface area contributed by atoms with Crippen LogP contribution < -0.4 is 10.1 Å². The van der Waals surface area contributed by atoms with E-state index >= 15 is 0 Å². The van der Waals surface area contributed by atoms with Crippen molar-refractivity contribution in [3.8, 4) is 5.75 Å². The summed E-state index contributed by atoms with van der Waals surface area (Å²) >= 11 is 1.59. The first-order valence-corrected chi connectivity index (χ1v) is 10.2. The highest BCUT2D eigenvalue weighted by Crippen LogP contribution is 2.33. The number of methoxy groups -OCH3 is 1. The number of nitrogens with zero attached hydrogens (tertiary/aromatic N) is 1. The van der Waals surface area contributed by atoms with Gasteiger partial charge in [-0.3, -0.25) is 9.59 Å². The summed E-state index contributed by atoms with van der Waals surface area (Å²) in [6, 6.07) is 9.34. The number of thiophene rings is 1. The average Bonchev–Trinajstić information content (AvgIpc) is 3.12. The van der Waals surface area contributed by atoms with E-state index in [-0.39, 0.29) is 17.7 Å². The second-order valence-electron chi connectivity index (χ2n) is 6.69. The van der Waals surface area contributed by atoms with Gasteiger partial charge in [0.2, 0.25) is 5.91 Å². The SMILES string of the molecule is CCN(CC)C(=O)c1cc2c(s1)CC[C@@H](C(=O)Nc1ccc(OC)cc1)C2. The number of anilines is 1. The molecule has 3 rings (SSSR count). The van der Waals surface area contributed by atoms with Gasteiger partial charge in [-0.15, -0.1) is 11.3 Å². The van der Waals surface area contributed by atoms with Gasteiger partial charge in [-0.25, -0.2) is 0 Å². The van der Waals surface area contributed by atoms with E-state index < -0.39 is 0 Å². The predicted octanol–water partition coefficient (Wildman–Crippen LogP) is 3.98. The standard InChI is InChI=1S/C21H26N2O3S/c1-4-23(5-2)21(25)19-13-15-12-14(6-11-18(15)27-19)20(24)22-16-7-9-17(26-3)10-8-16/h7-10,13-14H,4-6,11-12H2,1-3H3,(H,22,24)/t14-/m1/s1. The van der Waals surface area contributed by atoms with Gasteiger partial charge in [-0.2, -0.15) is 0 Å². The topological polar surface area (TPSA) is 58.6 Å². The van der Waals surface area contributed by atoms with Crippen molar-refractivity contribution in [3.05, 3.63) is 45.6 Å². The molecule has 1 heterocycles. The van der Waals surface area contributed by atoms with Gasteiger partial charge < -0.3 is 15.0 Å². The Morgan fingerprint density at radius 3 is 2.56 bits per heavy atom. The molecule has 0 unspecified atom stereocenters. The highest BCUT2D eigenvalue weighted by atomic mass is 32.1. The number of amides is 2. The number of ether oxygens (including phenoxy) is 1. The minimum absolute atomic E-state index is 0.0358. The zero-order valence-corrected chi connectivity index (χ0v) is 16.9. The molecule has 1 aromatic carbocycles. The lowest BCUT2D eigenvalue weighted by Crippen LogP contribution is -2.29. The molecule has 1 N–H and O–H groups in total. The van der Waals surface area contributed by atoms with Gasteiger partial charge in [0.25, 0.3) is 5.91 Å². The lowest BCUT2D eigenvalue weighted by Gasteiger charge is -2.21. The number of carbonyl (C=O) groups excluding carboxylic acids is 2. The molecule has 0 saturated carbocycles. The van der Waals surface area contributed by atoms with Crippen LogP contribution in [0.15, 0.2) is 30.3 Å². The van der Waals surface area contributed by atoms with Crippen molar-refractivity contribution in [1.82, 2.24) is 4.90 Å². The summed E-state index contributed by atoms with van der Waals surface area (Å²) < 4.78 is 5.14. The normalized spacial score (nSPS) is 15.7.